The molecule has 0 atom stereocenters. The molecule has 6 rings (SSSR count). The van der Waals surface area contributed by atoms with E-state index < -0.39 is 11.7 Å². The third-order valence-electron chi connectivity index (χ3n) is 7.41. The van der Waals surface area contributed by atoms with Crippen molar-refractivity contribution >= 4 is 11.0 Å². The van der Waals surface area contributed by atoms with Gasteiger partial charge >= 0.3 is 6.18 Å². The highest BCUT2D eigenvalue weighted by Crippen LogP contribution is 2.41. The smallest absolute Gasteiger partial charge is 0.286 e. The Morgan fingerprint density at radius 3 is 2.26 bits per heavy atom. The van der Waals surface area contributed by atoms with Gasteiger partial charge < -0.3 is 0 Å². The van der Waals surface area contributed by atoms with Gasteiger partial charge in [-0.05, 0) is 86.4 Å². The summed E-state index contributed by atoms with van der Waals surface area (Å²) in [6.07, 6.45) is 8.26. The number of fused-ring (bicyclic) bond motifs is 1. The number of pyridine rings is 4. The Hall–Kier alpha value is -3.55. The molecule has 0 bridgehead atoms. The Labute approximate surface area is 219 Å². The minimum Gasteiger partial charge on any atom is -0.286 e. The first-order valence-corrected chi connectivity index (χ1v) is 13.2. The summed E-state index contributed by atoms with van der Waals surface area (Å²) >= 11 is 0. The van der Waals surface area contributed by atoms with Gasteiger partial charge in [-0.2, -0.15) is 13.2 Å². The van der Waals surface area contributed by atoms with Crippen LogP contribution in [0.15, 0.2) is 65.8 Å². The zero-order valence-corrected chi connectivity index (χ0v) is 21.4. The fraction of sp³-hybridized carbons (Fsp3) is 0.400. The lowest BCUT2D eigenvalue weighted by Crippen LogP contribution is -2.28. The lowest BCUT2D eigenvalue weighted by molar-refractivity contribution is -0.137. The van der Waals surface area contributed by atoms with Crippen molar-refractivity contribution in [2.24, 2.45) is 0 Å². The highest BCUT2D eigenvalue weighted by atomic mass is 19.4. The van der Waals surface area contributed by atoms with Gasteiger partial charge in [0.05, 0.1) is 17.8 Å². The zero-order chi connectivity index (χ0) is 26.7. The van der Waals surface area contributed by atoms with E-state index in [1.165, 1.54) is 37.7 Å². The fourth-order valence-electron chi connectivity index (χ4n) is 5.26. The number of aromatic nitrogens is 4. The molecule has 0 aromatic carbocycles. The summed E-state index contributed by atoms with van der Waals surface area (Å²) in [7, 11) is 0. The van der Waals surface area contributed by atoms with Crippen molar-refractivity contribution in [2.75, 3.05) is 0 Å². The van der Waals surface area contributed by atoms with Gasteiger partial charge in [0.15, 0.2) is 0 Å². The van der Waals surface area contributed by atoms with E-state index in [-0.39, 0.29) is 5.56 Å². The summed E-state index contributed by atoms with van der Waals surface area (Å²) in [6.45, 7) is 2.50. The minimum atomic E-state index is -4.25. The molecule has 38 heavy (non-hydrogen) atoms. The molecular formula is C30H31F3N4O. The number of aryl methyl sites for hydroxylation is 1. The molecule has 8 heteroatoms. The first-order valence-electron chi connectivity index (χ1n) is 13.2. The molecule has 0 amide bonds. The predicted molar refractivity (Wildman–Crippen MR) is 141 cm³/mol. The van der Waals surface area contributed by atoms with Gasteiger partial charge in [0.1, 0.15) is 5.65 Å². The Morgan fingerprint density at radius 2 is 1.61 bits per heavy atom. The van der Waals surface area contributed by atoms with Crippen LogP contribution in [0.3, 0.4) is 0 Å². The van der Waals surface area contributed by atoms with E-state index in [9.17, 15) is 18.0 Å². The molecule has 198 valence electrons. The number of nitrogens with zero attached hydrogens (tertiary/aromatic N) is 4. The quantitative estimate of drug-likeness (QED) is 0.286. The Bertz CT molecular complexity index is 1460. The van der Waals surface area contributed by atoms with Crippen molar-refractivity contribution in [3.05, 3.63) is 99.5 Å². The second kappa shape index (κ2) is 11.1. The topological polar surface area (TPSA) is 60.7 Å². The van der Waals surface area contributed by atoms with E-state index in [2.05, 4.69) is 28.2 Å². The Balaban J connectivity index is 0.000000249. The maximum atomic E-state index is 13.6. The van der Waals surface area contributed by atoms with Gasteiger partial charge in [-0.15, -0.1) is 0 Å². The molecule has 4 aromatic rings. The highest BCUT2D eigenvalue weighted by Gasteiger charge is 2.30. The molecule has 0 saturated heterocycles. The van der Waals surface area contributed by atoms with Crippen molar-refractivity contribution < 1.29 is 13.2 Å². The lowest BCUT2D eigenvalue weighted by Gasteiger charge is -2.23. The molecule has 2 aliphatic rings. The third kappa shape index (κ3) is 5.95. The molecule has 5 nitrogen and oxygen atoms in total. The van der Waals surface area contributed by atoms with Crippen LogP contribution in [-0.2, 0) is 12.7 Å². The highest BCUT2D eigenvalue weighted by molar-refractivity contribution is 5.76. The van der Waals surface area contributed by atoms with Crippen LogP contribution in [0.2, 0.25) is 0 Å². The summed E-state index contributed by atoms with van der Waals surface area (Å²) in [4.78, 5) is 26.5. The maximum absolute atomic E-state index is 13.6. The normalized spacial score (nSPS) is 16.2. The molecular weight excluding hydrogens is 489 g/mol. The first-order chi connectivity index (χ1) is 18.3. The summed E-state index contributed by atoms with van der Waals surface area (Å²) in [5.74, 6) is 0.992. The molecule has 0 unspecified atom stereocenters. The van der Waals surface area contributed by atoms with Gasteiger partial charge in [0.2, 0.25) is 0 Å². The number of alkyl halides is 3. The SMILES string of the molecule is Cc1ccc2cc(C3CCCCC3)c(=O)n(Cc3ncccc3C3CC3)c2n1.FC(F)(F)c1ccncc1. The number of hydrogen-bond acceptors (Lipinski definition) is 4. The van der Waals surface area contributed by atoms with E-state index >= 15 is 0 Å². The second-order valence-electron chi connectivity index (χ2n) is 10.2. The Kier molecular flexibility index (Phi) is 7.58. The van der Waals surface area contributed by atoms with Gasteiger partial charge in [0.25, 0.3) is 5.56 Å². The van der Waals surface area contributed by atoms with Crippen molar-refractivity contribution in [1.82, 2.24) is 19.5 Å². The molecule has 0 N–H and O–H groups in total. The molecule has 0 aliphatic heterocycles. The van der Waals surface area contributed by atoms with Gasteiger partial charge in [-0.1, -0.05) is 25.3 Å². The minimum absolute atomic E-state index is 0.130. The van der Waals surface area contributed by atoms with Gasteiger partial charge in [-0.25, -0.2) is 4.98 Å². The second-order valence-corrected chi connectivity index (χ2v) is 10.2. The largest absolute Gasteiger partial charge is 0.416 e. The van der Waals surface area contributed by atoms with Crippen LogP contribution in [-0.4, -0.2) is 19.5 Å². The van der Waals surface area contributed by atoms with Crippen molar-refractivity contribution in [3.8, 4) is 0 Å². The number of hydrogen-bond donors (Lipinski definition) is 0. The average Bonchev–Trinajstić information content (AvgIpc) is 3.77. The van der Waals surface area contributed by atoms with Crippen LogP contribution in [0.4, 0.5) is 13.2 Å². The molecule has 4 heterocycles. The van der Waals surface area contributed by atoms with Crippen molar-refractivity contribution in [2.45, 2.75) is 76.4 Å². The van der Waals surface area contributed by atoms with Crippen LogP contribution in [0.5, 0.6) is 0 Å². The molecule has 0 radical (unpaired) electrons. The summed E-state index contributed by atoms with van der Waals surface area (Å²) in [6, 6.07) is 12.3. The van der Waals surface area contributed by atoms with Gasteiger partial charge in [0, 0.05) is 35.2 Å². The monoisotopic (exact) mass is 520 g/mol. The van der Waals surface area contributed by atoms with Crippen LogP contribution in [0, 0.1) is 6.92 Å². The van der Waals surface area contributed by atoms with E-state index in [1.54, 1.807) is 0 Å². The third-order valence-corrected chi connectivity index (χ3v) is 7.41. The number of halogens is 3. The Morgan fingerprint density at radius 1 is 0.895 bits per heavy atom. The molecule has 2 fully saturated rings. The van der Waals surface area contributed by atoms with Crippen LogP contribution >= 0.6 is 0 Å². The van der Waals surface area contributed by atoms with Crippen LogP contribution in [0.25, 0.3) is 11.0 Å². The lowest BCUT2D eigenvalue weighted by atomic mass is 9.84. The zero-order valence-electron chi connectivity index (χ0n) is 21.4. The molecule has 0 spiro atoms. The summed E-state index contributed by atoms with van der Waals surface area (Å²) in [5, 5.41) is 1.06. The fourth-order valence-corrected chi connectivity index (χ4v) is 5.26. The van der Waals surface area contributed by atoms with Gasteiger partial charge in [-0.3, -0.25) is 19.3 Å². The van der Waals surface area contributed by atoms with E-state index in [0.29, 0.717) is 18.4 Å². The summed E-state index contributed by atoms with van der Waals surface area (Å²) in [5.41, 5.74) is 4.50. The van der Waals surface area contributed by atoms with Crippen LogP contribution in [0.1, 0.15) is 84.9 Å². The van der Waals surface area contributed by atoms with E-state index in [0.717, 1.165) is 65.4 Å². The van der Waals surface area contributed by atoms with E-state index in [1.807, 2.05) is 29.8 Å². The first kappa shape index (κ1) is 26.1. The van der Waals surface area contributed by atoms with Crippen molar-refractivity contribution in [1.29, 1.82) is 0 Å². The van der Waals surface area contributed by atoms with E-state index in [4.69, 9.17) is 4.98 Å². The maximum Gasteiger partial charge on any atom is 0.416 e. The predicted octanol–water partition coefficient (Wildman–Crippen LogP) is 7.17. The standard InChI is InChI=1S/C24H27N3O.C6H4F3N/c1-16-9-10-19-14-21(17-6-3-2-4-7-17)24(28)27(23(19)26-16)15-22-20(18-11-12-18)8-5-13-25-22;7-6(8,9)5-1-3-10-4-2-5/h5,8-10,13-14,17-18H,2-4,6-7,11-12,15H2,1H3;1-4H. The van der Waals surface area contributed by atoms with Crippen molar-refractivity contribution in [3.63, 3.8) is 0 Å². The number of rotatable bonds is 4. The average molecular weight is 521 g/mol. The molecule has 4 aromatic heterocycles. The van der Waals surface area contributed by atoms with Crippen LogP contribution < -0.4 is 5.56 Å². The molecule has 2 aliphatic carbocycles. The summed E-state index contributed by atoms with van der Waals surface area (Å²) < 4.78 is 37.2. The molecule has 2 saturated carbocycles.